The molecule has 1 rings (SSSR count). The smallest absolute Gasteiger partial charge is 0.159 e. The quantitative estimate of drug-likeness (QED) is 0.626. The van der Waals surface area contributed by atoms with Gasteiger partial charge in [-0.2, -0.15) is 0 Å². The van der Waals surface area contributed by atoms with Gasteiger partial charge in [0.15, 0.2) is 5.78 Å². The number of hydrogen-bond donors (Lipinski definition) is 0. The van der Waals surface area contributed by atoms with Crippen molar-refractivity contribution >= 4 is 17.4 Å². The fourth-order valence-electron chi connectivity index (χ4n) is 0.812. The van der Waals surface area contributed by atoms with Crippen LogP contribution in [0.4, 0.5) is 0 Å². The molecule has 0 unspecified atom stereocenters. The predicted molar refractivity (Wildman–Crippen MR) is 57.5 cm³/mol. The minimum atomic E-state index is 0.0481. The monoisotopic (exact) mass is 198 g/mol. The van der Waals surface area contributed by atoms with Gasteiger partial charge >= 0.3 is 0 Å². The van der Waals surface area contributed by atoms with Crippen molar-refractivity contribution in [2.24, 2.45) is 0 Å². The molecule has 72 valence electrons. The van der Waals surface area contributed by atoms with E-state index in [1.165, 1.54) is 6.92 Å². The van der Waals surface area contributed by atoms with E-state index in [2.05, 4.69) is 0 Å². The summed E-state index contributed by atoms with van der Waals surface area (Å²) in [7, 11) is 0. The maximum atomic E-state index is 10.9. The molecular formula is C11H15ClO. The third-order valence-corrected chi connectivity index (χ3v) is 1.99. The molecule has 0 fully saturated rings. The highest BCUT2D eigenvalue weighted by molar-refractivity contribution is 6.31. The zero-order valence-electron chi connectivity index (χ0n) is 8.52. The van der Waals surface area contributed by atoms with Crippen molar-refractivity contribution < 1.29 is 4.79 Å². The van der Waals surface area contributed by atoms with Gasteiger partial charge in [-0.1, -0.05) is 37.6 Å². The summed E-state index contributed by atoms with van der Waals surface area (Å²) in [5.74, 6) is 0.0481. The first kappa shape index (κ1) is 12.2. The molecule has 0 spiro atoms. The zero-order valence-corrected chi connectivity index (χ0v) is 9.27. The Bertz CT molecular complexity index is 292. The Labute approximate surface area is 84.7 Å². The summed E-state index contributed by atoms with van der Waals surface area (Å²) >= 11 is 5.81. The summed E-state index contributed by atoms with van der Waals surface area (Å²) in [5, 5.41) is 0.651. The van der Waals surface area contributed by atoms with Gasteiger partial charge in [0, 0.05) is 10.6 Å². The van der Waals surface area contributed by atoms with Gasteiger partial charge in [0.1, 0.15) is 0 Å². The number of hydrogen-bond acceptors (Lipinski definition) is 1. The maximum absolute atomic E-state index is 10.9. The van der Waals surface area contributed by atoms with Crippen molar-refractivity contribution in [3.05, 3.63) is 34.3 Å². The molecular weight excluding hydrogens is 184 g/mol. The largest absolute Gasteiger partial charge is 0.295 e. The second kappa shape index (κ2) is 5.76. The summed E-state index contributed by atoms with van der Waals surface area (Å²) in [6.45, 7) is 7.44. The second-order valence-electron chi connectivity index (χ2n) is 2.52. The number of rotatable bonds is 1. The van der Waals surface area contributed by atoms with Crippen molar-refractivity contribution in [1.82, 2.24) is 0 Å². The average Bonchev–Trinajstić information content (AvgIpc) is 2.13. The minimum Gasteiger partial charge on any atom is -0.295 e. The second-order valence-corrected chi connectivity index (χ2v) is 2.93. The van der Waals surface area contributed by atoms with Crippen LogP contribution < -0.4 is 0 Å². The maximum Gasteiger partial charge on any atom is 0.159 e. The first-order chi connectivity index (χ1) is 6.11. The first-order valence-electron chi connectivity index (χ1n) is 4.38. The Morgan fingerprint density at radius 1 is 1.31 bits per heavy atom. The Hall–Kier alpha value is -0.820. The van der Waals surface area contributed by atoms with Gasteiger partial charge in [0.2, 0.25) is 0 Å². The van der Waals surface area contributed by atoms with E-state index < -0.39 is 0 Å². The standard InChI is InChI=1S/C9H9ClO.C2H6/c1-6-3-4-8(7(2)11)5-9(6)10;1-2/h3-5H,1-2H3;1-2H3. The Morgan fingerprint density at radius 2 is 1.85 bits per heavy atom. The lowest BCUT2D eigenvalue weighted by Crippen LogP contribution is -1.91. The average molecular weight is 199 g/mol. The van der Waals surface area contributed by atoms with E-state index in [0.29, 0.717) is 10.6 Å². The number of aryl methyl sites for hydroxylation is 1. The number of benzene rings is 1. The molecule has 0 saturated carbocycles. The zero-order chi connectivity index (χ0) is 10.4. The van der Waals surface area contributed by atoms with E-state index in [-0.39, 0.29) is 5.78 Å². The van der Waals surface area contributed by atoms with Crippen molar-refractivity contribution in [2.75, 3.05) is 0 Å². The molecule has 0 bridgehead atoms. The van der Waals surface area contributed by atoms with E-state index in [9.17, 15) is 4.79 Å². The summed E-state index contributed by atoms with van der Waals surface area (Å²) < 4.78 is 0. The van der Waals surface area contributed by atoms with Crippen LogP contribution in [0.5, 0.6) is 0 Å². The van der Waals surface area contributed by atoms with Gasteiger partial charge in [-0.3, -0.25) is 4.79 Å². The normalized spacial score (nSPS) is 8.69. The van der Waals surface area contributed by atoms with Crippen molar-refractivity contribution in [3.63, 3.8) is 0 Å². The topological polar surface area (TPSA) is 17.1 Å². The summed E-state index contributed by atoms with van der Waals surface area (Å²) in [5.41, 5.74) is 1.66. The molecule has 0 aliphatic carbocycles. The summed E-state index contributed by atoms with van der Waals surface area (Å²) in [4.78, 5) is 10.9. The van der Waals surface area contributed by atoms with Crippen LogP contribution in [0.3, 0.4) is 0 Å². The number of carbonyl (C=O) groups excluding carboxylic acids is 1. The van der Waals surface area contributed by atoms with Gasteiger partial charge < -0.3 is 0 Å². The van der Waals surface area contributed by atoms with E-state index in [1.54, 1.807) is 12.1 Å². The Morgan fingerprint density at radius 3 is 2.23 bits per heavy atom. The van der Waals surface area contributed by atoms with Crippen LogP contribution >= 0.6 is 11.6 Å². The molecule has 0 N–H and O–H groups in total. The number of halogens is 1. The van der Waals surface area contributed by atoms with Gasteiger partial charge in [-0.25, -0.2) is 0 Å². The van der Waals surface area contributed by atoms with E-state index >= 15 is 0 Å². The lowest BCUT2D eigenvalue weighted by molar-refractivity contribution is 0.101. The van der Waals surface area contributed by atoms with Gasteiger partial charge in [-0.15, -0.1) is 0 Å². The molecule has 1 nitrogen and oxygen atoms in total. The third-order valence-electron chi connectivity index (χ3n) is 1.58. The highest BCUT2D eigenvalue weighted by atomic mass is 35.5. The molecule has 0 aromatic heterocycles. The van der Waals surface area contributed by atoms with Crippen LogP contribution in [0.2, 0.25) is 5.02 Å². The SMILES string of the molecule is CC.CC(=O)c1ccc(C)c(Cl)c1. The number of carbonyl (C=O) groups is 1. The van der Waals surface area contributed by atoms with Crippen LogP contribution in [0.1, 0.15) is 36.7 Å². The molecule has 0 aliphatic rings. The summed E-state index contributed by atoms with van der Waals surface area (Å²) in [6.07, 6.45) is 0. The van der Waals surface area contributed by atoms with Crippen LogP contribution in [-0.2, 0) is 0 Å². The van der Waals surface area contributed by atoms with Gasteiger partial charge in [-0.05, 0) is 25.5 Å². The van der Waals surface area contributed by atoms with Gasteiger partial charge in [0.05, 0.1) is 0 Å². The lowest BCUT2D eigenvalue weighted by atomic mass is 10.1. The Balaban J connectivity index is 0.000000671. The third kappa shape index (κ3) is 3.60. The molecule has 13 heavy (non-hydrogen) atoms. The van der Waals surface area contributed by atoms with Crippen molar-refractivity contribution in [1.29, 1.82) is 0 Å². The molecule has 0 saturated heterocycles. The summed E-state index contributed by atoms with van der Waals surface area (Å²) in [6, 6.07) is 5.32. The van der Waals surface area contributed by atoms with Gasteiger partial charge in [0.25, 0.3) is 0 Å². The molecule has 2 heteroatoms. The van der Waals surface area contributed by atoms with Crippen LogP contribution in [0, 0.1) is 6.92 Å². The molecule has 1 aromatic rings. The molecule has 0 heterocycles. The fraction of sp³-hybridized carbons (Fsp3) is 0.364. The molecule has 1 aromatic carbocycles. The van der Waals surface area contributed by atoms with E-state index in [4.69, 9.17) is 11.6 Å². The number of ketones is 1. The fourth-order valence-corrected chi connectivity index (χ4v) is 0.992. The highest BCUT2D eigenvalue weighted by Gasteiger charge is 2.00. The van der Waals surface area contributed by atoms with E-state index in [1.807, 2.05) is 26.8 Å². The van der Waals surface area contributed by atoms with Crippen molar-refractivity contribution in [3.8, 4) is 0 Å². The van der Waals surface area contributed by atoms with Crippen LogP contribution in [0.25, 0.3) is 0 Å². The number of Topliss-reactive ketones (excluding diaryl/α,β-unsaturated/α-hetero) is 1. The molecule has 0 aliphatic heterocycles. The molecule has 0 atom stereocenters. The lowest BCUT2D eigenvalue weighted by Gasteiger charge is -1.98. The van der Waals surface area contributed by atoms with Crippen LogP contribution in [0.15, 0.2) is 18.2 Å². The predicted octanol–water partition coefficient (Wildman–Crippen LogP) is 3.88. The minimum absolute atomic E-state index is 0.0481. The van der Waals surface area contributed by atoms with Crippen LogP contribution in [-0.4, -0.2) is 5.78 Å². The molecule has 0 amide bonds. The first-order valence-corrected chi connectivity index (χ1v) is 4.76. The molecule has 0 radical (unpaired) electrons. The Kier molecular flexibility index (Phi) is 5.40. The van der Waals surface area contributed by atoms with Crippen molar-refractivity contribution in [2.45, 2.75) is 27.7 Å². The highest BCUT2D eigenvalue weighted by Crippen LogP contribution is 2.16. The van der Waals surface area contributed by atoms with E-state index in [0.717, 1.165) is 5.56 Å².